The summed E-state index contributed by atoms with van der Waals surface area (Å²) in [6.07, 6.45) is 1.74. The van der Waals surface area contributed by atoms with Crippen molar-refractivity contribution in [3.63, 3.8) is 0 Å². The number of thioether (sulfide) groups is 1. The van der Waals surface area contributed by atoms with Gasteiger partial charge in [0, 0.05) is 22.9 Å². The largest absolute Gasteiger partial charge is 0.468 e. The Morgan fingerprint density at radius 2 is 2.00 bits per heavy atom. The molecule has 0 unspecified atom stereocenters. The maximum atomic E-state index is 5.26. The Labute approximate surface area is 106 Å². The smallest absolute Gasteiger partial charge is 0.114 e. The molecule has 90 valence electrons. The van der Waals surface area contributed by atoms with E-state index in [4.69, 9.17) is 4.42 Å². The molecule has 2 nitrogen and oxygen atoms in total. The van der Waals surface area contributed by atoms with Crippen molar-refractivity contribution in [2.24, 2.45) is 0 Å². The van der Waals surface area contributed by atoms with E-state index in [0.29, 0.717) is 0 Å². The van der Waals surface area contributed by atoms with Crippen molar-refractivity contribution in [3.8, 4) is 0 Å². The highest BCUT2D eigenvalue weighted by atomic mass is 32.2. The number of aryl methyl sites for hydroxylation is 2. The first-order chi connectivity index (χ1) is 8.27. The Bertz CT molecular complexity index is 479. The molecule has 0 aliphatic rings. The summed E-state index contributed by atoms with van der Waals surface area (Å²) < 4.78 is 5.26. The van der Waals surface area contributed by atoms with Crippen LogP contribution >= 0.6 is 11.8 Å². The predicted octanol–water partition coefficient (Wildman–Crippen LogP) is 4.10. The van der Waals surface area contributed by atoms with Gasteiger partial charge in [0.25, 0.3) is 0 Å². The Balaban J connectivity index is 1.77. The van der Waals surface area contributed by atoms with Crippen LogP contribution in [0.4, 0.5) is 5.69 Å². The summed E-state index contributed by atoms with van der Waals surface area (Å²) in [7, 11) is 0. The van der Waals surface area contributed by atoms with E-state index in [1.54, 1.807) is 6.26 Å². The second kappa shape index (κ2) is 5.82. The Kier molecular flexibility index (Phi) is 4.15. The zero-order valence-corrected chi connectivity index (χ0v) is 11.0. The minimum atomic E-state index is 0.958. The number of hydrogen-bond donors (Lipinski definition) is 1. The molecule has 0 atom stereocenters. The fourth-order valence-corrected chi connectivity index (χ4v) is 2.47. The second-order valence-corrected chi connectivity index (χ2v) is 5.07. The van der Waals surface area contributed by atoms with Gasteiger partial charge in [-0.3, -0.25) is 0 Å². The average molecular weight is 247 g/mol. The number of furan rings is 1. The normalized spacial score (nSPS) is 10.5. The zero-order valence-electron chi connectivity index (χ0n) is 10.2. The fraction of sp³-hybridized carbons (Fsp3) is 0.286. The molecule has 1 heterocycles. The second-order valence-electron chi connectivity index (χ2n) is 3.93. The molecule has 17 heavy (non-hydrogen) atoms. The van der Waals surface area contributed by atoms with E-state index in [0.717, 1.165) is 18.1 Å². The minimum absolute atomic E-state index is 0.958. The molecule has 0 aliphatic carbocycles. The summed E-state index contributed by atoms with van der Waals surface area (Å²) in [5.41, 5.74) is 2.51. The van der Waals surface area contributed by atoms with Crippen molar-refractivity contribution in [1.29, 1.82) is 0 Å². The van der Waals surface area contributed by atoms with E-state index in [9.17, 15) is 0 Å². The molecule has 0 amide bonds. The molecule has 0 spiro atoms. The summed E-state index contributed by atoms with van der Waals surface area (Å²) in [6.45, 7) is 5.08. The van der Waals surface area contributed by atoms with Gasteiger partial charge in [-0.05, 0) is 31.5 Å². The van der Waals surface area contributed by atoms with Crippen molar-refractivity contribution < 1.29 is 4.42 Å². The lowest BCUT2D eigenvalue weighted by molar-refractivity contribution is 0.527. The Hall–Kier alpha value is -1.35. The summed E-state index contributed by atoms with van der Waals surface area (Å²) in [4.78, 5) is 1.23. The van der Waals surface area contributed by atoms with Gasteiger partial charge in [-0.25, -0.2) is 0 Å². The standard InChI is InChI=1S/C14H17NOS/c1-11-5-3-4-6-13(11)15-8-10-17-14-7-9-16-12(14)2/h3-7,9,15H,8,10H2,1-2H3. The highest BCUT2D eigenvalue weighted by Gasteiger charge is 2.01. The summed E-state index contributed by atoms with van der Waals surface area (Å²) in [6, 6.07) is 10.4. The SMILES string of the molecule is Cc1ccccc1NCCSc1ccoc1C. The molecule has 2 rings (SSSR count). The predicted molar refractivity (Wildman–Crippen MR) is 73.8 cm³/mol. The molecule has 1 aromatic carbocycles. The first-order valence-electron chi connectivity index (χ1n) is 5.74. The third kappa shape index (κ3) is 3.30. The van der Waals surface area contributed by atoms with Crippen LogP contribution < -0.4 is 5.32 Å². The van der Waals surface area contributed by atoms with Gasteiger partial charge < -0.3 is 9.73 Å². The summed E-state index contributed by atoms with van der Waals surface area (Å²) in [5, 5.41) is 3.44. The molecule has 0 radical (unpaired) electrons. The first-order valence-corrected chi connectivity index (χ1v) is 6.72. The van der Waals surface area contributed by atoms with E-state index >= 15 is 0 Å². The third-order valence-electron chi connectivity index (χ3n) is 2.63. The molecule has 0 bridgehead atoms. The van der Waals surface area contributed by atoms with Crippen molar-refractivity contribution in [1.82, 2.24) is 0 Å². The lowest BCUT2D eigenvalue weighted by atomic mass is 10.2. The maximum absolute atomic E-state index is 5.26. The number of hydrogen-bond acceptors (Lipinski definition) is 3. The van der Waals surface area contributed by atoms with Crippen molar-refractivity contribution in [2.75, 3.05) is 17.6 Å². The van der Waals surface area contributed by atoms with E-state index in [1.807, 2.05) is 24.8 Å². The van der Waals surface area contributed by atoms with Gasteiger partial charge in [-0.2, -0.15) is 0 Å². The van der Waals surface area contributed by atoms with Crippen LogP contribution in [0.15, 0.2) is 45.9 Å². The van der Waals surface area contributed by atoms with Crippen LogP contribution in [0.2, 0.25) is 0 Å². The van der Waals surface area contributed by atoms with E-state index in [-0.39, 0.29) is 0 Å². The molecule has 1 aromatic heterocycles. The maximum Gasteiger partial charge on any atom is 0.114 e. The minimum Gasteiger partial charge on any atom is -0.468 e. The molecule has 0 saturated carbocycles. The van der Waals surface area contributed by atoms with Crippen LogP contribution in [0.3, 0.4) is 0 Å². The third-order valence-corrected chi connectivity index (χ3v) is 3.77. The van der Waals surface area contributed by atoms with Crippen LogP contribution in [0, 0.1) is 13.8 Å². The monoisotopic (exact) mass is 247 g/mol. The molecule has 1 N–H and O–H groups in total. The molecular weight excluding hydrogens is 230 g/mol. The van der Waals surface area contributed by atoms with Crippen LogP contribution in [0.5, 0.6) is 0 Å². The quantitative estimate of drug-likeness (QED) is 0.636. The summed E-state index contributed by atoms with van der Waals surface area (Å²) >= 11 is 1.82. The van der Waals surface area contributed by atoms with Crippen LogP contribution in [-0.2, 0) is 0 Å². The highest BCUT2D eigenvalue weighted by Crippen LogP contribution is 2.23. The van der Waals surface area contributed by atoms with Crippen molar-refractivity contribution in [2.45, 2.75) is 18.7 Å². The van der Waals surface area contributed by atoms with Crippen molar-refractivity contribution in [3.05, 3.63) is 47.9 Å². The van der Waals surface area contributed by atoms with Crippen molar-refractivity contribution >= 4 is 17.4 Å². The summed E-state index contributed by atoms with van der Waals surface area (Å²) in [5.74, 6) is 2.04. The fourth-order valence-electron chi connectivity index (χ4n) is 1.64. The number of benzene rings is 1. The average Bonchev–Trinajstić information content (AvgIpc) is 2.73. The topological polar surface area (TPSA) is 25.2 Å². The van der Waals surface area contributed by atoms with E-state index in [1.165, 1.54) is 16.1 Å². The van der Waals surface area contributed by atoms with Gasteiger partial charge in [0.05, 0.1) is 6.26 Å². The van der Waals surface area contributed by atoms with Gasteiger partial charge >= 0.3 is 0 Å². The van der Waals surface area contributed by atoms with Gasteiger partial charge in [0.2, 0.25) is 0 Å². The molecule has 0 aliphatic heterocycles. The number of nitrogens with one attached hydrogen (secondary N) is 1. The van der Waals surface area contributed by atoms with Crippen LogP contribution in [0.25, 0.3) is 0 Å². The van der Waals surface area contributed by atoms with Gasteiger partial charge in [-0.15, -0.1) is 11.8 Å². The first kappa shape index (κ1) is 12.1. The number of rotatable bonds is 5. The number of para-hydroxylation sites is 1. The Morgan fingerprint density at radius 3 is 2.71 bits per heavy atom. The van der Waals surface area contributed by atoms with Crippen LogP contribution in [0.1, 0.15) is 11.3 Å². The Morgan fingerprint density at radius 1 is 1.18 bits per heavy atom. The van der Waals surface area contributed by atoms with E-state index < -0.39 is 0 Å². The lowest BCUT2D eigenvalue weighted by Crippen LogP contribution is -2.04. The lowest BCUT2D eigenvalue weighted by Gasteiger charge is -2.08. The highest BCUT2D eigenvalue weighted by molar-refractivity contribution is 7.99. The van der Waals surface area contributed by atoms with Gasteiger partial charge in [0.15, 0.2) is 0 Å². The van der Waals surface area contributed by atoms with Crippen LogP contribution in [-0.4, -0.2) is 12.3 Å². The van der Waals surface area contributed by atoms with Gasteiger partial charge in [0.1, 0.15) is 5.76 Å². The number of anilines is 1. The molecule has 0 fully saturated rings. The molecule has 2 aromatic rings. The van der Waals surface area contributed by atoms with E-state index in [2.05, 4.69) is 36.5 Å². The molecule has 0 saturated heterocycles. The zero-order chi connectivity index (χ0) is 12.1. The van der Waals surface area contributed by atoms with Gasteiger partial charge in [-0.1, -0.05) is 18.2 Å². The molecular formula is C14H17NOS. The molecule has 3 heteroatoms.